The highest BCUT2D eigenvalue weighted by atomic mass is 35.5. The highest BCUT2D eigenvalue weighted by Crippen LogP contribution is 2.28. The second-order valence-electron chi connectivity index (χ2n) is 6.15. The first-order valence-electron chi connectivity index (χ1n) is 8.34. The molecule has 0 aliphatic carbocycles. The molecule has 1 aromatic heterocycles. The number of amides is 1. The number of rotatable bonds is 5. The lowest BCUT2D eigenvalue weighted by atomic mass is 10.2. The molecule has 1 aromatic carbocycles. The topological polar surface area (TPSA) is 85.8 Å². The van der Waals surface area contributed by atoms with E-state index in [9.17, 15) is 9.59 Å². The lowest BCUT2D eigenvalue weighted by Crippen LogP contribution is -2.48. The van der Waals surface area contributed by atoms with E-state index in [4.69, 9.17) is 28.3 Å². The molecule has 0 atom stereocenters. The Hall–Kier alpha value is -2.35. The van der Waals surface area contributed by atoms with Gasteiger partial charge in [-0.15, -0.1) is 0 Å². The number of carbonyl (C=O) groups is 2. The molecular weight excluding hydrogens is 391 g/mol. The van der Waals surface area contributed by atoms with E-state index < -0.39 is 5.97 Å². The number of aromatic nitrogens is 1. The number of nitrogens with zero attached hydrogens (tertiary/aromatic N) is 3. The van der Waals surface area contributed by atoms with E-state index >= 15 is 0 Å². The van der Waals surface area contributed by atoms with E-state index in [0.29, 0.717) is 53.3 Å². The molecule has 2 heterocycles. The molecule has 0 saturated carbocycles. The summed E-state index contributed by atoms with van der Waals surface area (Å²) in [4.78, 5) is 31.6. The maximum Gasteiger partial charge on any atom is 0.317 e. The molecule has 7 nitrogen and oxygen atoms in total. The van der Waals surface area contributed by atoms with Crippen molar-refractivity contribution in [3.8, 4) is 0 Å². The molecule has 3 rings (SSSR count). The van der Waals surface area contributed by atoms with Crippen molar-refractivity contribution in [2.45, 2.75) is 0 Å². The maximum absolute atomic E-state index is 12.6. The number of carbonyl (C=O) groups excluding carboxylic acids is 1. The van der Waals surface area contributed by atoms with Crippen LogP contribution in [-0.4, -0.2) is 59.6 Å². The van der Waals surface area contributed by atoms with Gasteiger partial charge in [-0.25, -0.2) is 4.98 Å². The lowest BCUT2D eigenvalue weighted by molar-refractivity contribution is -0.138. The van der Waals surface area contributed by atoms with Gasteiger partial charge in [-0.2, -0.15) is 0 Å². The van der Waals surface area contributed by atoms with Crippen LogP contribution in [0.1, 0.15) is 10.4 Å². The van der Waals surface area contributed by atoms with Gasteiger partial charge >= 0.3 is 5.97 Å². The quantitative estimate of drug-likeness (QED) is 0.790. The van der Waals surface area contributed by atoms with Crippen LogP contribution >= 0.6 is 23.2 Å². The van der Waals surface area contributed by atoms with Gasteiger partial charge < -0.3 is 15.3 Å². The normalized spacial score (nSPS) is 14.8. The summed E-state index contributed by atoms with van der Waals surface area (Å²) in [6, 6.07) is 8.30. The van der Waals surface area contributed by atoms with E-state index in [1.165, 1.54) is 6.20 Å². The maximum atomic E-state index is 12.6. The third-order valence-electron chi connectivity index (χ3n) is 4.20. The second-order valence-corrected chi connectivity index (χ2v) is 7.02. The fourth-order valence-corrected chi connectivity index (χ4v) is 3.26. The van der Waals surface area contributed by atoms with Crippen LogP contribution in [0.25, 0.3) is 0 Å². The fraction of sp³-hybridized carbons (Fsp3) is 0.278. The molecule has 9 heteroatoms. The van der Waals surface area contributed by atoms with Crippen LogP contribution in [0.4, 0.5) is 11.5 Å². The van der Waals surface area contributed by atoms with Gasteiger partial charge in [0.15, 0.2) is 5.82 Å². The van der Waals surface area contributed by atoms with Crippen molar-refractivity contribution in [3.63, 3.8) is 0 Å². The number of halogens is 2. The molecule has 0 spiro atoms. The Labute approximate surface area is 166 Å². The summed E-state index contributed by atoms with van der Waals surface area (Å²) < 4.78 is 0. The number of nitrogens with one attached hydrogen (secondary N) is 1. The second kappa shape index (κ2) is 8.56. The molecule has 142 valence electrons. The van der Waals surface area contributed by atoms with E-state index in [-0.39, 0.29) is 12.5 Å². The average Bonchev–Trinajstić information content (AvgIpc) is 2.62. The van der Waals surface area contributed by atoms with Crippen LogP contribution in [0.15, 0.2) is 36.5 Å². The average molecular weight is 409 g/mol. The highest BCUT2D eigenvalue weighted by molar-refractivity contribution is 6.31. The smallest absolute Gasteiger partial charge is 0.317 e. The van der Waals surface area contributed by atoms with E-state index in [1.54, 1.807) is 30.3 Å². The predicted octanol–water partition coefficient (Wildman–Crippen LogP) is 2.85. The van der Waals surface area contributed by atoms with Gasteiger partial charge in [0.25, 0.3) is 5.91 Å². The zero-order chi connectivity index (χ0) is 19.4. The first-order chi connectivity index (χ1) is 12.9. The monoisotopic (exact) mass is 408 g/mol. The van der Waals surface area contributed by atoms with Gasteiger partial charge in [0.1, 0.15) is 0 Å². The minimum absolute atomic E-state index is 0.0141. The zero-order valence-electron chi connectivity index (χ0n) is 14.4. The zero-order valence-corrected chi connectivity index (χ0v) is 15.9. The Bertz CT molecular complexity index is 854. The summed E-state index contributed by atoms with van der Waals surface area (Å²) in [5.41, 5.74) is 0.930. The Morgan fingerprint density at radius 1 is 1.11 bits per heavy atom. The molecular formula is C18H18Cl2N4O3. The molecule has 1 saturated heterocycles. The summed E-state index contributed by atoms with van der Waals surface area (Å²) in [6.07, 6.45) is 1.52. The SMILES string of the molecule is O=C(O)CN1CCN(c2ncc(Cl)cc2NC(=O)c2cccc(Cl)c2)CC1. The van der Waals surface area contributed by atoms with Crippen LogP contribution in [0.3, 0.4) is 0 Å². The molecule has 0 bridgehead atoms. The molecule has 1 aliphatic rings. The fourth-order valence-electron chi connectivity index (χ4n) is 2.91. The summed E-state index contributed by atoms with van der Waals surface area (Å²) >= 11 is 12.0. The van der Waals surface area contributed by atoms with Crippen molar-refractivity contribution in [2.24, 2.45) is 0 Å². The van der Waals surface area contributed by atoms with Gasteiger partial charge in [0.05, 0.1) is 17.3 Å². The predicted molar refractivity (Wildman–Crippen MR) is 105 cm³/mol. The van der Waals surface area contributed by atoms with Gasteiger partial charge in [0, 0.05) is 43.0 Å². The molecule has 0 unspecified atom stereocenters. The van der Waals surface area contributed by atoms with Crippen molar-refractivity contribution in [3.05, 3.63) is 52.1 Å². The summed E-state index contributed by atoms with van der Waals surface area (Å²) in [5, 5.41) is 12.6. The van der Waals surface area contributed by atoms with Crippen LogP contribution in [-0.2, 0) is 4.79 Å². The van der Waals surface area contributed by atoms with Crippen LogP contribution in [0, 0.1) is 0 Å². The Balaban J connectivity index is 1.76. The number of hydrogen-bond donors (Lipinski definition) is 2. The number of carboxylic acids is 1. The number of carboxylic acid groups (broad SMARTS) is 1. The number of piperazine rings is 1. The van der Waals surface area contributed by atoms with Crippen molar-refractivity contribution in [1.29, 1.82) is 0 Å². The van der Waals surface area contributed by atoms with Crippen LogP contribution < -0.4 is 10.2 Å². The van der Waals surface area contributed by atoms with Crippen molar-refractivity contribution >= 4 is 46.6 Å². The summed E-state index contributed by atoms with van der Waals surface area (Å²) in [7, 11) is 0. The highest BCUT2D eigenvalue weighted by Gasteiger charge is 2.22. The van der Waals surface area contributed by atoms with Crippen LogP contribution in [0.5, 0.6) is 0 Å². The molecule has 1 fully saturated rings. The summed E-state index contributed by atoms with van der Waals surface area (Å²) in [6.45, 7) is 2.40. The summed E-state index contributed by atoms with van der Waals surface area (Å²) in [5.74, 6) is -0.556. The minimum atomic E-state index is -0.845. The molecule has 2 aromatic rings. The molecule has 27 heavy (non-hydrogen) atoms. The van der Waals surface area contributed by atoms with Crippen molar-refractivity contribution in [2.75, 3.05) is 42.9 Å². The number of benzene rings is 1. The molecule has 1 amide bonds. The van der Waals surface area contributed by atoms with Gasteiger partial charge in [0.2, 0.25) is 0 Å². The van der Waals surface area contributed by atoms with Crippen LogP contribution in [0.2, 0.25) is 10.0 Å². The van der Waals surface area contributed by atoms with Crippen molar-refractivity contribution < 1.29 is 14.7 Å². The first kappa shape index (κ1) is 19.4. The van der Waals surface area contributed by atoms with Crippen molar-refractivity contribution in [1.82, 2.24) is 9.88 Å². The van der Waals surface area contributed by atoms with Gasteiger partial charge in [-0.1, -0.05) is 29.3 Å². The van der Waals surface area contributed by atoms with E-state index in [0.717, 1.165) is 0 Å². The Morgan fingerprint density at radius 3 is 2.52 bits per heavy atom. The largest absolute Gasteiger partial charge is 0.480 e. The number of anilines is 2. The number of aliphatic carboxylic acids is 1. The lowest BCUT2D eigenvalue weighted by Gasteiger charge is -2.35. The number of hydrogen-bond acceptors (Lipinski definition) is 5. The van der Waals surface area contributed by atoms with Gasteiger partial charge in [-0.05, 0) is 24.3 Å². The molecule has 1 aliphatic heterocycles. The standard InChI is InChI=1S/C18H18Cl2N4O3/c19-13-3-1-2-12(8-13)18(27)22-15-9-14(20)10-21-17(15)24-6-4-23(5-7-24)11-16(25)26/h1-3,8-10H,4-7,11H2,(H,22,27)(H,25,26). The third-order valence-corrected chi connectivity index (χ3v) is 4.64. The Morgan fingerprint density at radius 2 is 1.85 bits per heavy atom. The molecule has 0 radical (unpaired) electrons. The van der Waals surface area contributed by atoms with E-state index in [1.807, 2.05) is 9.80 Å². The molecule has 2 N–H and O–H groups in total. The first-order valence-corrected chi connectivity index (χ1v) is 9.09. The third kappa shape index (κ3) is 5.09. The minimum Gasteiger partial charge on any atom is -0.480 e. The Kier molecular flexibility index (Phi) is 6.15. The van der Waals surface area contributed by atoms with E-state index in [2.05, 4.69) is 10.3 Å². The van der Waals surface area contributed by atoms with Gasteiger partial charge in [-0.3, -0.25) is 14.5 Å². The number of pyridine rings is 1.